The molecule has 0 spiro atoms. The van der Waals surface area contributed by atoms with Gasteiger partial charge in [0.25, 0.3) is 0 Å². The molecule has 0 bridgehead atoms. The quantitative estimate of drug-likeness (QED) is 0.784. The Hall–Kier alpha value is -2.65. The van der Waals surface area contributed by atoms with Gasteiger partial charge in [-0.2, -0.15) is 5.26 Å². The minimum Gasteiger partial charge on any atom is -0.507 e. The fourth-order valence-corrected chi connectivity index (χ4v) is 4.00. The van der Waals surface area contributed by atoms with E-state index in [0.29, 0.717) is 22.9 Å². The molecule has 0 saturated carbocycles. The molecule has 1 aromatic heterocycles. The van der Waals surface area contributed by atoms with Gasteiger partial charge in [-0.25, -0.2) is 0 Å². The van der Waals surface area contributed by atoms with E-state index in [0.717, 1.165) is 18.7 Å². The molecule has 2 aromatic rings. The largest absolute Gasteiger partial charge is 0.507 e. The fraction of sp³-hybridized carbons (Fsp3) is 0.450. The van der Waals surface area contributed by atoms with Gasteiger partial charge in [-0.1, -0.05) is 0 Å². The highest BCUT2D eigenvalue weighted by molar-refractivity contribution is 5.68. The zero-order valence-electron chi connectivity index (χ0n) is 15.7. The Morgan fingerprint density at radius 2 is 1.81 bits per heavy atom. The van der Waals surface area contributed by atoms with Crippen molar-refractivity contribution < 1.29 is 5.11 Å². The number of anilines is 1. The van der Waals surface area contributed by atoms with Gasteiger partial charge in [0, 0.05) is 22.7 Å². The second-order valence-corrected chi connectivity index (χ2v) is 8.29. The van der Waals surface area contributed by atoms with Gasteiger partial charge >= 0.3 is 0 Å². The van der Waals surface area contributed by atoms with Crippen LogP contribution in [0.4, 0.5) is 5.82 Å². The lowest BCUT2D eigenvalue weighted by Gasteiger charge is -2.46. The molecule has 0 aliphatic carbocycles. The Morgan fingerprint density at radius 3 is 2.35 bits per heavy atom. The van der Waals surface area contributed by atoms with Gasteiger partial charge < -0.3 is 15.7 Å². The topological polar surface area (TPSA) is 93.9 Å². The number of rotatable bonds is 3. The number of piperidine rings is 1. The van der Waals surface area contributed by atoms with Gasteiger partial charge in [-0.15, -0.1) is 10.2 Å². The summed E-state index contributed by atoms with van der Waals surface area (Å²) in [6, 6.07) is 10.8. The SMILES string of the molecule is CC1(C)CC(Nc2ccc(-c3ccc(C#N)cc3O)nn2)CC(C)(C)N1. The average Bonchev–Trinajstić information content (AvgIpc) is 2.52. The van der Waals surface area contributed by atoms with Gasteiger partial charge in [0.15, 0.2) is 0 Å². The van der Waals surface area contributed by atoms with Crippen LogP contribution in [-0.2, 0) is 0 Å². The van der Waals surface area contributed by atoms with Crippen LogP contribution in [0.3, 0.4) is 0 Å². The maximum Gasteiger partial charge on any atom is 0.148 e. The zero-order valence-corrected chi connectivity index (χ0v) is 15.7. The molecule has 1 aromatic carbocycles. The summed E-state index contributed by atoms with van der Waals surface area (Å²) < 4.78 is 0. The summed E-state index contributed by atoms with van der Waals surface area (Å²) in [5.41, 5.74) is 1.66. The first-order valence-corrected chi connectivity index (χ1v) is 8.81. The number of aromatic nitrogens is 2. The number of nitrogens with zero attached hydrogens (tertiary/aromatic N) is 3. The van der Waals surface area contributed by atoms with Crippen molar-refractivity contribution in [3.8, 4) is 23.1 Å². The number of hydrogen-bond donors (Lipinski definition) is 3. The number of hydrogen-bond acceptors (Lipinski definition) is 6. The molecule has 0 amide bonds. The van der Waals surface area contributed by atoms with E-state index in [2.05, 4.69) is 48.5 Å². The summed E-state index contributed by atoms with van der Waals surface area (Å²) in [6.45, 7) is 8.85. The van der Waals surface area contributed by atoms with Crippen molar-refractivity contribution in [3.63, 3.8) is 0 Å². The van der Waals surface area contributed by atoms with Crippen LogP contribution in [0.15, 0.2) is 30.3 Å². The Kier molecular flexibility index (Phi) is 4.59. The van der Waals surface area contributed by atoms with Crippen molar-refractivity contribution in [3.05, 3.63) is 35.9 Å². The van der Waals surface area contributed by atoms with Crippen molar-refractivity contribution in [2.45, 2.75) is 57.7 Å². The molecule has 1 aliphatic rings. The number of phenolic OH excluding ortho intramolecular Hbond substituents is 1. The molecular formula is C20H25N5O. The number of aromatic hydroxyl groups is 1. The van der Waals surface area contributed by atoms with E-state index in [1.807, 2.05) is 18.2 Å². The van der Waals surface area contributed by atoms with Crippen molar-refractivity contribution in [1.29, 1.82) is 5.26 Å². The molecule has 0 unspecified atom stereocenters. The molecule has 26 heavy (non-hydrogen) atoms. The Bertz CT molecular complexity index is 820. The normalized spacial score (nSPS) is 18.9. The molecular weight excluding hydrogens is 326 g/mol. The van der Waals surface area contributed by atoms with E-state index >= 15 is 0 Å². The molecule has 1 aliphatic heterocycles. The predicted molar refractivity (Wildman–Crippen MR) is 102 cm³/mol. The molecule has 6 heteroatoms. The summed E-state index contributed by atoms with van der Waals surface area (Å²) in [4.78, 5) is 0. The van der Waals surface area contributed by atoms with Crippen LogP contribution in [0.1, 0.15) is 46.1 Å². The van der Waals surface area contributed by atoms with Crippen LogP contribution in [0.25, 0.3) is 11.3 Å². The highest BCUT2D eigenvalue weighted by Gasteiger charge is 2.37. The summed E-state index contributed by atoms with van der Waals surface area (Å²) in [5.74, 6) is 0.751. The summed E-state index contributed by atoms with van der Waals surface area (Å²) in [6.07, 6.45) is 1.99. The highest BCUT2D eigenvalue weighted by Crippen LogP contribution is 2.31. The molecule has 0 atom stereocenters. The molecule has 0 radical (unpaired) electrons. The van der Waals surface area contributed by atoms with Gasteiger partial charge in [0.2, 0.25) is 0 Å². The van der Waals surface area contributed by atoms with E-state index in [-0.39, 0.29) is 16.8 Å². The van der Waals surface area contributed by atoms with Crippen molar-refractivity contribution in [2.75, 3.05) is 5.32 Å². The zero-order chi connectivity index (χ0) is 18.9. The first-order chi connectivity index (χ1) is 12.2. The monoisotopic (exact) mass is 351 g/mol. The van der Waals surface area contributed by atoms with Crippen LogP contribution < -0.4 is 10.6 Å². The highest BCUT2D eigenvalue weighted by atomic mass is 16.3. The molecule has 1 fully saturated rings. The van der Waals surface area contributed by atoms with Gasteiger partial charge in [0.1, 0.15) is 11.6 Å². The van der Waals surface area contributed by atoms with E-state index in [1.54, 1.807) is 12.1 Å². The Labute approximate surface area is 154 Å². The number of benzene rings is 1. The first kappa shape index (κ1) is 18.2. The average molecular weight is 351 g/mol. The Morgan fingerprint density at radius 1 is 1.12 bits per heavy atom. The third-order valence-corrected chi connectivity index (χ3v) is 4.61. The molecule has 2 heterocycles. The van der Waals surface area contributed by atoms with Crippen LogP contribution >= 0.6 is 0 Å². The minimum absolute atomic E-state index is 0.0286. The summed E-state index contributed by atoms with van der Waals surface area (Å²) in [7, 11) is 0. The lowest BCUT2D eigenvalue weighted by Crippen LogP contribution is -2.60. The van der Waals surface area contributed by atoms with E-state index in [4.69, 9.17) is 5.26 Å². The van der Waals surface area contributed by atoms with Gasteiger partial charge in [0.05, 0.1) is 17.3 Å². The third kappa shape index (κ3) is 4.12. The predicted octanol–water partition coefficient (Wildman–Crippen LogP) is 3.44. The van der Waals surface area contributed by atoms with Crippen molar-refractivity contribution in [2.24, 2.45) is 0 Å². The number of nitrogens with one attached hydrogen (secondary N) is 2. The second-order valence-electron chi connectivity index (χ2n) is 8.29. The summed E-state index contributed by atoms with van der Waals surface area (Å²) >= 11 is 0. The van der Waals surface area contributed by atoms with E-state index in [1.165, 1.54) is 6.07 Å². The van der Waals surface area contributed by atoms with Gasteiger partial charge in [-0.3, -0.25) is 0 Å². The lowest BCUT2D eigenvalue weighted by atomic mass is 9.79. The molecule has 136 valence electrons. The molecule has 6 nitrogen and oxygen atoms in total. The van der Waals surface area contributed by atoms with Crippen molar-refractivity contribution >= 4 is 5.82 Å². The summed E-state index contributed by atoms with van der Waals surface area (Å²) in [5, 5.41) is 34.6. The Balaban J connectivity index is 1.75. The van der Waals surface area contributed by atoms with Gasteiger partial charge in [-0.05, 0) is 70.9 Å². The molecule has 3 N–H and O–H groups in total. The third-order valence-electron chi connectivity index (χ3n) is 4.61. The van der Waals surface area contributed by atoms with Crippen LogP contribution in [0.5, 0.6) is 5.75 Å². The van der Waals surface area contributed by atoms with Crippen molar-refractivity contribution in [1.82, 2.24) is 15.5 Å². The maximum absolute atomic E-state index is 10.1. The minimum atomic E-state index is 0.0286. The smallest absolute Gasteiger partial charge is 0.148 e. The fourth-order valence-electron chi connectivity index (χ4n) is 4.00. The number of phenols is 1. The maximum atomic E-state index is 10.1. The van der Waals surface area contributed by atoms with E-state index < -0.39 is 0 Å². The van der Waals surface area contributed by atoms with Crippen LogP contribution in [0.2, 0.25) is 0 Å². The second kappa shape index (κ2) is 6.58. The standard InChI is InChI=1S/C20H25N5O/c1-19(2)10-14(11-20(3,4)25-19)22-18-8-7-16(23-24-18)15-6-5-13(12-21)9-17(15)26/h5-9,14,25-26H,10-11H2,1-4H3,(H,22,24). The molecule has 1 saturated heterocycles. The first-order valence-electron chi connectivity index (χ1n) is 8.81. The van der Waals surface area contributed by atoms with E-state index in [9.17, 15) is 5.11 Å². The lowest BCUT2D eigenvalue weighted by molar-refractivity contribution is 0.170. The molecule has 3 rings (SSSR count). The number of nitriles is 1. The van der Waals surface area contributed by atoms with Crippen LogP contribution in [-0.4, -0.2) is 32.4 Å². The van der Waals surface area contributed by atoms with Crippen LogP contribution in [0, 0.1) is 11.3 Å².